The summed E-state index contributed by atoms with van der Waals surface area (Å²) in [6, 6.07) is 7.15. The van der Waals surface area contributed by atoms with Gasteiger partial charge in [-0.15, -0.1) is 5.41 Å². The number of nitrogens with one attached hydrogen (secondary N) is 1. The van der Waals surface area contributed by atoms with Gasteiger partial charge in [0.15, 0.2) is 0 Å². The van der Waals surface area contributed by atoms with Crippen molar-refractivity contribution < 1.29 is 66.1 Å². The molecule has 6 heteroatoms. The van der Waals surface area contributed by atoms with E-state index < -0.39 is 17.3 Å². The zero-order valence-corrected chi connectivity index (χ0v) is 16.2. The Hall–Kier alpha value is -0.794. The minimum absolute atomic E-state index is 0. The molecule has 0 saturated heterocycles. The number of hydrogen-bond donors (Lipinski definition) is 1. The monoisotopic (exact) mass is 335 g/mol. The van der Waals surface area contributed by atoms with Crippen LogP contribution in [0.15, 0.2) is 24.3 Å². The summed E-state index contributed by atoms with van der Waals surface area (Å²) in [7, 11) is 0. The fraction of sp³-hybridized carbons (Fsp3) is 0.294. The predicted molar refractivity (Wildman–Crippen MR) is 82.5 cm³/mol. The molecule has 0 bridgehead atoms. The van der Waals surface area contributed by atoms with Gasteiger partial charge in [-0.3, -0.25) is 0 Å². The van der Waals surface area contributed by atoms with Gasteiger partial charge >= 0.3 is 57.4 Å². The maximum Gasteiger partial charge on any atom is 1.00 e. The van der Waals surface area contributed by atoms with Crippen molar-refractivity contribution in [3.8, 4) is 0 Å². The average molecular weight is 335 g/mol. The second-order valence-corrected chi connectivity index (χ2v) is 5.92. The Morgan fingerprint density at radius 2 is 1.78 bits per heavy atom. The van der Waals surface area contributed by atoms with E-state index in [0.29, 0.717) is 31.2 Å². The smallest absolute Gasteiger partial charge is 0.670 e. The summed E-state index contributed by atoms with van der Waals surface area (Å²) >= 11 is 0. The summed E-state index contributed by atoms with van der Waals surface area (Å²) in [5.41, 5.74) is 9.43. The van der Waals surface area contributed by atoms with Crippen molar-refractivity contribution in [2.24, 2.45) is 5.41 Å². The number of aromatic nitrogens is 1. The molecule has 1 amide bonds. The van der Waals surface area contributed by atoms with Crippen molar-refractivity contribution in [3.63, 3.8) is 0 Å². The van der Waals surface area contributed by atoms with Gasteiger partial charge in [-0.2, -0.15) is 0 Å². The standard InChI is InChI=1S/C17H17N2O3.K/c1-17(16(18)22)6-4-10-8-12-2-3-13(15(20)21)19-14(12)9-11(10)5-7-17;/h2-3,8-9H,1,4-7H2,(H3,18,20,21,22);/q-1;+1/p-1. The average Bonchev–Trinajstić information content (AvgIpc) is 2.65. The van der Waals surface area contributed by atoms with Crippen molar-refractivity contribution in [3.05, 3.63) is 53.7 Å². The third-order valence-electron chi connectivity index (χ3n) is 4.46. The summed E-state index contributed by atoms with van der Waals surface area (Å²) in [6.45, 7) is 3.95. The van der Waals surface area contributed by atoms with E-state index in [-0.39, 0.29) is 57.1 Å². The second kappa shape index (κ2) is 6.99. The quantitative estimate of drug-likeness (QED) is 0.483. The van der Waals surface area contributed by atoms with Crippen LogP contribution in [0.3, 0.4) is 0 Å². The molecule has 1 aromatic heterocycles. The number of benzene rings is 1. The number of carboxylic acids is 1. The van der Waals surface area contributed by atoms with Gasteiger partial charge in [0.1, 0.15) is 5.69 Å². The zero-order chi connectivity index (χ0) is 15.9. The molecule has 1 aromatic carbocycles. The third kappa shape index (κ3) is 3.66. The molecule has 1 aliphatic carbocycles. The molecule has 0 saturated carbocycles. The number of aromatic carboxylic acids is 1. The topological polar surface area (TPSA) is 91.1 Å². The number of fused-ring (bicyclic) bond motifs is 2. The molecule has 0 fully saturated rings. The number of carboxylic acid groups (broad SMARTS) is 1. The molecule has 1 atom stereocenters. The summed E-state index contributed by atoms with van der Waals surface area (Å²) < 4.78 is 0. The Morgan fingerprint density at radius 1 is 1.17 bits per heavy atom. The van der Waals surface area contributed by atoms with Crippen molar-refractivity contribution in [2.75, 3.05) is 0 Å². The van der Waals surface area contributed by atoms with Crippen LogP contribution in [0.4, 0.5) is 0 Å². The molecular formula is C17H16KN2O3-. The van der Waals surface area contributed by atoms with Crippen LogP contribution in [0.5, 0.6) is 0 Å². The first-order chi connectivity index (χ1) is 10.4. The number of carbonyl (C=O) groups is 2. The Labute approximate surface area is 177 Å². The number of hydrogen-bond acceptors (Lipinski definition) is 3. The number of amides is 1. The van der Waals surface area contributed by atoms with Crippen molar-refractivity contribution >= 4 is 22.8 Å². The Balaban J connectivity index is 0.00000192. The van der Waals surface area contributed by atoms with Gasteiger partial charge in [-0.05, 0) is 42.2 Å². The predicted octanol–water partition coefficient (Wildman–Crippen LogP) is 0.215. The molecule has 23 heavy (non-hydrogen) atoms. The van der Waals surface area contributed by atoms with E-state index in [1.807, 2.05) is 12.1 Å². The summed E-state index contributed by atoms with van der Waals surface area (Å²) in [5.74, 6) is -1.66. The van der Waals surface area contributed by atoms with Crippen molar-refractivity contribution in [2.45, 2.75) is 25.7 Å². The first-order valence-electron chi connectivity index (χ1n) is 7.16. The number of carbonyl (C=O) groups excluding carboxylic acids is 1. The molecule has 2 N–H and O–H groups in total. The van der Waals surface area contributed by atoms with Gasteiger partial charge in [0.2, 0.25) is 0 Å². The van der Waals surface area contributed by atoms with Crippen molar-refractivity contribution in [1.82, 2.24) is 4.98 Å². The maximum absolute atomic E-state index is 11.5. The number of aryl methyl sites for hydroxylation is 2. The first kappa shape index (κ1) is 18.5. The summed E-state index contributed by atoms with van der Waals surface area (Å²) in [6.07, 6.45) is 2.44. The molecule has 0 aliphatic heterocycles. The van der Waals surface area contributed by atoms with Gasteiger partial charge in [0, 0.05) is 11.3 Å². The fourth-order valence-corrected chi connectivity index (χ4v) is 2.95. The molecular weight excluding hydrogens is 319 g/mol. The molecule has 0 spiro atoms. The van der Waals surface area contributed by atoms with Crippen LogP contribution in [-0.2, 0) is 17.6 Å². The van der Waals surface area contributed by atoms with Gasteiger partial charge in [0.05, 0.1) is 5.52 Å². The van der Waals surface area contributed by atoms with E-state index in [9.17, 15) is 9.59 Å². The van der Waals surface area contributed by atoms with Crippen LogP contribution >= 0.6 is 0 Å². The van der Waals surface area contributed by atoms with Gasteiger partial charge in [-0.25, -0.2) is 9.78 Å². The van der Waals surface area contributed by atoms with Gasteiger partial charge < -0.3 is 22.6 Å². The van der Waals surface area contributed by atoms with Crippen LogP contribution in [0.2, 0.25) is 0 Å². The van der Waals surface area contributed by atoms with Crippen LogP contribution in [-0.4, -0.2) is 22.0 Å². The van der Waals surface area contributed by atoms with E-state index in [1.54, 1.807) is 6.07 Å². The minimum Gasteiger partial charge on any atom is -0.670 e. The first-order valence-corrected chi connectivity index (χ1v) is 7.16. The maximum atomic E-state index is 11.5. The third-order valence-corrected chi connectivity index (χ3v) is 4.46. The van der Waals surface area contributed by atoms with Gasteiger partial charge in [0.25, 0.3) is 0 Å². The normalized spacial score (nSPS) is 20.2. The van der Waals surface area contributed by atoms with Crippen LogP contribution in [0.1, 0.15) is 34.5 Å². The molecule has 5 nitrogen and oxygen atoms in total. The summed E-state index contributed by atoms with van der Waals surface area (Å²) in [5, 5.41) is 9.91. The number of pyridine rings is 1. The van der Waals surface area contributed by atoms with Crippen LogP contribution in [0.25, 0.3) is 16.6 Å². The Morgan fingerprint density at radius 3 is 2.35 bits per heavy atom. The molecule has 1 unspecified atom stereocenters. The van der Waals surface area contributed by atoms with E-state index in [2.05, 4.69) is 11.9 Å². The molecule has 114 valence electrons. The van der Waals surface area contributed by atoms with Gasteiger partial charge in [-0.1, -0.05) is 18.9 Å². The molecule has 2 aromatic rings. The minimum atomic E-state index is -1.05. The second-order valence-electron chi connectivity index (χ2n) is 5.92. The van der Waals surface area contributed by atoms with E-state index in [1.165, 1.54) is 6.07 Å². The van der Waals surface area contributed by atoms with E-state index >= 15 is 0 Å². The zero-order valence-electron chi connectivity index (χ0n) is 13.1. The summed E-state index contributed by atoms with van der Waals surface area (Å²) in [4.78, 5) is 26.7. The van der Waals surface area contributed by atoms with E-state index in [0.717, 1.165) is 16.5 Å². The fourth-order valence-electron chi connectivity index (χ4n) is 2.95. The molecule has 0 radical (unpaired) electrons. The molecule has 1 aliphatic rings. The Kier molecular flexibility index (Phi) is 5.63. The largest absolute Gasteiger partial charge is 1.00 e. The Bertz CT molecular complexity index is 791. The molecule has 3 rings (SSSR count). The van der Waals surface area contributed by atoms with E-state index in [4.69, 9.17) is 10.8 Å². The number of rotatable bonds is 2. The number of nitrogens with zero attached hydrogens (tertiary/aromatic N) is 1. The molecule has 1 heterocycles. The SMILES string of the molecule is [CH2-]C1(C([NH-])=O)CCc2cc3ccc(C(=O)O)nc3cc2CC1.[K+]. The van der Waals surface area contributed by atoms with Crippen LogP contribution < -0.4 is 51.4 Å². The van der Waals surface area contributed by atoms with Crippen LogP contribution in [0, 0.1) is 12.3 Å². The van der Waals surface area contributed by atoms with Crippen molar-refractivity contribution in [1.29, 1.82) is 0 Å².